The molecule has 5 heteroatoms. The Morgan fingerprint density at radius 3 is 1.96 bits per heavy atom. The smallest absolute Gasteiger partial charge is 0.347 e. The first-order chi connectivity index (χ1) is 11.9. The van der Waals surface area contributed by atoms with Gasteiger partial charge in [0.15, 0.2) is 0 Å². The van der Waals surface area contributed by atoms with Crippen molar-refractivity contribution in [3.8, 4) is 12.3 Å². The molecule has 0 spiro atoms. The van der Waals surface area contributed by atoms with Crippen LogP contribution in [0.4, 0.5) is 0 Å². The highest BCUT2D eigenvalue weighted by molar-refractivity contribution is 5.85. The minimum absolute atomic E-state index is 0. The van der Waals surface area contributed by atoms with Gasteiger partial charge >= 0.3 is 5.97 Å². The molecule has 0 radical (unpaired) electrons. The molecule has 0 amide bonds. The van der Waals surface area contributed by atoms with Crippen molar-refractivity contribution in [1.29, 1.82) is 0 Å². The number of esters is 1. The summed E-state index contributed by atoms with van der Waals surface area (Å²) in [6.07, 6.45) is 5.35. The van der Waals surface area contributed by atoms with Crippen LogP contribution in [0.5, 0.6) is 0 Å². The number of quaternary nitrogens is 1. The molecule has 0 saturated carbocycles. The molecule has 138 valence electrons. The van der Waals surface area contributed by atoms with Gasteiger partial charge in [-0.3, -0.25) is 0 Å². The summed E-state index contributed by atoms with van der Waals surface area (Å²) in [6, 6.07) is 17.7. The maximum absolute atomic E-state index is 12.8. The summed E-state index contributed by atoms with van der Waals surface area (Å²) in [4.78, 5) is 12.8. The van der Waals surface area contributed by atoms with Crippen molar-refractivity contribution < 1.29 is 36.1 Å². The first kappa shape index (κ1) is 21.9. The van der Waals surface area contributed by atoms with E-state index in [0.717, 1.165) is 0 Å². The molecule has 0 aliphatic rings. The second-order valence-corrected chi connectivity index (χ2v) is 6.60. The molecule has 2 rings (SSSR count). The topological polar surface area (TPSA) is 46.5 Å². The van der Waals surface area contributed by atoms with Crippen molar-refractivity contribution >= 4 is 5.97 Å². The summed E-state index contributed by atoms with van der Waals surface area (Å²) >= 11 is 0. The van der Waals surface area contributed by atoms with Gasteiger partial charge in [0.05, 0.1) is 14.1 Å². The molecule has 0 aliphatic carbocycles. The van der Waals surface area contributed by atoms with Crippen LogP contribution in [-0.4, -0.2) is 49.4 Å². The highest BCUT2D eigenvalue weighted by atomic mass is 79.9. The van der Waals surface area contributed by atoms with Gasteiger partial charge in [0.25, 0.3) is 0 Å². The van der Waals surface area contributed by atoms with Gasteiger partial charge in [0.2, 0.25) is 5.60 Å². The molecule has 26 heavy (non-hydrogen) atoms. The Morgan fingerprint density at radius 1 is 1.08 bits per heavy atom. The second kappa shape index (κ2) is 9.54. The monoisotopic (exact) mass is 417 g/mol. The number of hydrogen-bond donors (Lipinski definition) is 1. The fraction of sp³-hybridized carbons (Fsp3) is 0.286. The molecule has 2 aromatic rings. The number of carbonyl (C=O) groups is 1. The number of terminal acetylenes is 1. The molecule has 0 fully saturated rings. The van der Waals surface area contributed by atoms with Crippen LogP contribution in [0.2, 0.25) is 0 Å². The number of carbonyl (C=O) groups excluding carboxylic acids is 1. The van der Waals surface area contributed by atoms with Crippen molar-refractivity contribution in [3.63, 3.8) is 0 Å². The summed E-state index contributed by atoms with van der Waals surface area (Å²) in [5.41, 5.74) is -0.890. The van der Waals surface area contributed by atoms with Crippen LogP contribution in [0.15, 0.2) is 60.7 Å². The number of benzene rings is 2. The van der Waals surface area contributed by atoms with Crippen LogP contribution in [0.1, 0.15) is 11.1 Å². The summed E-state index contributed by atoms with van der Waals surface area (Å²) in [6.45, 7) is 1.28. The lowest BCUT2D eigenvalue weighted by Crippen LogP contribution is -3.00. The Kier molecular flexibility index (Phi) is 8.04. The van der Waals surface area contributed by atoms with Gasteiger partial charge in [-0.25, -0.2) is 4.79 Å². The number of ether oxygens (including phenoxy) is 1. The third kappa shape index (κ3) is 5.18. The number of aliphatic hydroxyl groups is 1. The highest BCUT2D eigenvalue weighted by Gasteiger charge is 2.41. The van der Waals surface area contributed by atoms with Gasteiger partial charge in [0, 0.05) is 0 Å². The summed E-state index contributed by atoms with van der Waals surface area (Å²) in [5.74, 6) is 1.92. The lowest BCUT2D eigenvalue weighted by atomic mass is 9.86. The Bertz CT molecular complexity index is 699. The predicted molar refractivity (Wildman–Crippen MR) is 97.5 cm³/mol. The largest absolute Gasteiger partial charge is 1.00 e. The van der Waals surface area contributed by atoms with Crippen LogP contribution in [-0.2, 0) is 15.1 Å². The van der Waals surface area contributed by atoms with E-state index in [4.69, 9.17) is 11.2 Å². The van der Waals surface area contributed by atoms with E-state index in [2.05, 4.69) is 5.92 Å². The zero-order valence-electron chi connectivity index (χ0n) is 15.1. The molecule has 0 atom stereocenters. The fourth-order valence-electron chi connectivity index (χ4n) is 2.58. The fourth-order valence-corrected chi connectivity index (χ4v) is 2.58. The van der Waals surface area contributed by atoms with Crippen molar-refractivity contribution in [2.45, 2.75) is 5.60 Å². The van der Waals surface area contributed by atoms with E-state index < -0.39 is 11.6 Å². The molecule has 2 aromatic carbocycles. The van der Waals surface area contributed by atoms with Crippen LogP contribution < -0.4 is 17.0 Å². The maximum atomic E-state index is 12.8. The minimum Gasteiger partial charge on any atom is -1.00 e. The summed E-state index contributed by atoms with van der Waals surface area (Å²) in [5, 5.41) is 11.2. The number of hydrogen-bond acceptors (Lipinski definition) is 3. The zero-order chi connectivity index (χ0) is 18.3. The van der Waals surface area contributed by atoms with E-state index in [1.165, 1.54) is 0 Å². The Balaban J connectivity index is 0.00000338. The van der Waals surface area contributed by atoms with Crippen molar-refractivity contribution in [1.82, 2.24) is 0 Å². The summed E-state index contributed by atoms with van der Waals surface area (Å²) in [7, 11) is 3.93. The van der Waals surface area contributed by atoms with Crippen LogP contribution in [0.3, 0.4) is 0 Å². The molecule has 0 unspecified atom stereocenters. The highest BCUT2D eigenvalue weighted by Crippen LogP contribution is 2.31. The molecule has 0 heterocycles. The number of rotatable bonds is 7. The molecular formula is C21H24BrNO3. The van der Waals surface area contributed by atoms with Gasteiger partial charge in [-0.05, 0) is 17.0 Å². The van der Waals surface area contributed by atoms with Gasteiger partial charge < -0.3 is 31.3 Å². The normalized spacial score (nSPS) is 11.2. The minimum atomic E-state index is -1.84. The third-order valence-electron chi connectivity index (χ3n) is 4.13. The average Bonchev–Trinajstić information content (AvgIpc) is 2.62. The van der Waals surface area contributed by atoms with Crippen LogP contribution >= 0.6 is 0 Å². The van der Waals surface area contributed by atoms with Crippen molar-refractivity contribution in [2.75, 3.05) is 33.8 Å². The van der Waals surface area contributed by atoms with E-state index in [1.807, 2.05) is 26.2 Å². The number of nitrogens with zero attached hydrogens (tertiary/aromatic N) is 1. The molecular weight excluding hydrogens is 394 g/mol. The van der Waals surface area contributed by atoms with E-state index in [1.54, 1.807) is 48.5 Å². The lowest BCUT2D eigenvalue weighted by molar-refractivity contribution is -0.883. The predicted octanol–water partition coefficient (Wildman–Crippen LogP) is -0.821. The van der Waals surface area contributed by atoms with Gasteiger partial charge in [-0.15, -0.1) is 6.42 Å². The van der Waals surface area contributed by atoms with Crippen molar-refractivity contribution in [3.05, 3.63) is 71.8 Å². The molecule has 0 bridgehead atoms. The SMILES string of the molecule is C#CC[N+](C)(C)CCOC(=O)C(O)(c1ccccc1)c1ccccc1.[Br-]. The lowest BCUT2D eigenvalue weighted by Gasteiger charge is -2.29. The quantitative estimate of drug-likeness (QED) is 0.363. The maximum Gasteiger partial charge on any atom is 0.347 e. The third-order valence-corrected chi connectivity index (χ3v) is 4.13. The number of halogens is 1. The second-order valence-electron chi connectivity index (χ2n) is 6.60. The molecule has 4 nitrogen and oxygen atoms in total. The van der Waals surface area contributed by atoms with Gasteiger partial charge in [0.1, 0.15) is 19.7 Å². The first-order valence-electron chi connectivity index (χ1n) is 8.16. The van der Waals surface area contributed by atoms with Gasteiger partial charge in [-0.1, -0.05) is 60.7 Å². The van der Waals surface area contributed by atoms with Crippen molar-refractivity contribution in [2.24, 2.45) is 0 Å². The Morgan fingerprint density at radius 2 is 1.54 bits per heavy atom. The first-order valence-corrected chi connectivity index (χ1v) is 8.16. The number of likely N-dealkylation sites (N-methyl/N-ethyl adjacent to an activating group) is 1. The molecule has 0 aromatic heterocycles. The Labute approximate surface area is 165 Å². The van der Waals surface area contributed by atoms with Crippen LogP contribution in [0.25, 0.3) is 0 Å². The van der Waals surface area contributed by atoms with E-state index in [-0.39, 0.29) is 23.6 Å². The average molecular weight is 418 g/mol. The van der Waals surface area contributed by atoms with E-state index >= 15 is 0 Å². The summed E-state index contributed by atoms with van der Waals surface area (Å²) < 4.78 is 5.97. The van der Waals surface area contributed by atoms with Crippen LogP contribution in [0, 0.1) is 12.3 Å². The van der Waals surface area contributed by atoms with E-state index in [0.29, 0.717) is 28.7 Å². The standard InChI is InChI=1S/C21H24NO3.BrH/c1-4-15-22(2,3)16-17-25-20(23)21(24,18-11-7-5-8-12-18)19-13-9-6-10-14-19;/h1,5-14,24H,15-17H2,2-3H3;1H/q+1;/p-1. The van der Waals surface area contributed by atoms with Gasteiger partial charge in [-0.2, -0.15) is 0 Å². The molecule has 0 aliphatic heterocycles. The molecule has 0 saturated heterocycles. The molecule has 1 N–H and O–H groups in total. The van der Waals surface area contributed by atoms with E-state index in [9.17, 15) is 9.90 Å². The zero-order valence-corrected chi connectivity index (χ0v) is 16.6. The Hall–Kier alpha value is -2.13.